The molecule has 1 aromatic rings. The van der Waals surface area contributed by atoms with Gasteiger partial charge in [0.05, 0.1) is 4.92 Å². The van der Waals surface area contributed by atoms with Crippen LogP contribution in [0.2, 0.25) is 0 Å². The topological polar surface area (TPSA) is 73.0 Å². The first-order valence-electron chi connectivity index (χ1n) is 5.66. The number of nitro groups is 1. The van der Waals surface area contributed by atoms with Crippen molar-refractivity contribution in [1.82, 2.24) is 9.78 Å². The van der Waals surface area contributed by atoms with Gasteiger partial charge in [-0.1, -0.05) is 27.7 Å². The van der Waals surface area contributed by atoms with Crippen LogP contribution in [-0.4, -0.2) is 21.2 Å². The molecule has 1 N–H and O–H groups in total. The van der Waals surface area contributed by atoms with E-state index in [0.29, 0.717) is 18.3 Å². The molecule has 0 fully saturated rings. The molecule has 0 radical (unpaired) electrons. The quantitative estimate of drug-likeness (QED) is 0.633. The maximum Gasteiger partial charge on any atom is 0.330 e. The van der Waals surface area contributed by atoms with E-state index >= 15 is 0 Å². The van der Waals surface area contributed by atoms with Crippen LogP contribution < -0.4 is 5.32 Å². The van der Waals surface area contributed by atoms with E-state index in [9.17, 15) is 10.1 Å². The highest BCUT2D eigenvalue weighted by Crippen LogP contribution is 2.28. The fraction of sp³-hybridized carbons (Fsp3) is 0.727. The summed E-state index contributed by atoms with van der Waals surface area (Å²) in [5.41, 5.74) is 0.0813. The summed E-state index contributed by atoms with van der Waals surface area (Å²) in [6.07, 6.45) is 1.41. The number of aryl methyl sites for hydroxylation is 1. The minimum atomic E-state index is -0.419. The third-order valence-corrected chi connectivity index (χ3v) is 3.28. The Balaban J connectivity index is 2.79. The van der Waals surface area contributed by atoms with E-state index < -0.39 is 4.92 Å². The van der Waals surface area contributed by atoms with Crippen LogP contribution in [-0.2, 0) is 7.05 Å². The number of hydrogen-bond acceptors (Lipinski definition) is 4. The summed E-state index contributed by atoms with van der Waals surface area (Å²) >= 11 is 0. The van der Waals surface area contributed by atoms with Gasteiger partial charge in [-0.2, -0.15) is 0 Å². The average Bonchev–Trinajstić information content (AvgIpc) is 2.56. The van der Waals surface area contributed by atoms with Gasteiger partial charge in [-0.05, 0) is 11.3 Å². The van der Waals surface area contributed by atoms with Crippen LogP contribution in [0.3, 0.4) is 0 Å². The second kappa shape index (κ2) is 4.73. The normalized spacial score (nSPS) is 11.9. The Hall–Kier alpha value is -1.59. The summed E-state index contributed by atoms with van der Waals surface area (Å²) in [5.74, 6) is 0.823. The van der Waals surface area contributed by atoms with Crippen molar-refractivity contribution in [3.63, 3.8) is 0 Å². The minimum absolute atomic E-state index is 0.0204. The summed E-state index contributed by atoms with van der Waals surface area (Å²) < 4.78 is 1.45. The minimum Gasteiger partial charge on any atom is -0.362 e. The fourth-order valence-corrected chi connectivity index (χ4v) is 1.25. The summed E-state index contributed by atoms with van der Waals surface area (Å²) in [7, 11) is 1.67. The zero-order chi connectivity index (χ0) is 13.2. The Labute approximate surface area is 101 Å². The number of nitrogens with zero attached hydrogens (tertiary/aromatic N) is 3. The van der Waals surface area contributed by atoms with Gasteiger partial charge in [-0.3, -0.25) is 14.8 Å². The van der Waals surface area contributed by atoms with Crippen molar-refractivity contribution in [2.45, 2.75) is 27.7 Å². The lowest BCUT2D eigenvalue weighted by Gasteiger charge is -2.29. The Morgan fingerprint density at radius 2 is 2.18 bits per heavy atom. The third kappa shape index (κ3) is 3.18. The smallest absolute Gasteiger partial charge is 0.330 e. The molecule has 0 spiro atoms. The first-order valence-corrected chi connectivity index (χ1v) is 5.66. The molecule has 0 bridgehead atoms. The van der Waals surface area contributed by atoms with E-state index in [0.717, 1.165) is 0 Å². The molecule has 0 aliphatic carbocycles. The highest BCUT2D eigenvalue weighted by Gasteiger charge is 2.25. The predicted octanol–water partition coefficient (Wildman–Crippen LogP) is 2.42. The Kier molecular flexibility index (Phi) is 3.75. The fourth-order valence-electron chi connectivity index (χ4n) is 1.25. The maximum absolute atomic E-state index is 10.8. The van der Waals surface area contributed by atoms with Gasteiger partial charge < -0.3 is 5.32 Å². The van der Waals surface area contributed by atoms with Crippen molar-refractivity contribution in [3.05, 3.63) is 16.3 Å². The van der Waals surface area contributed by atoms with E-state index in [4.69, 9.17) is 0 Å². The zero-order valence-corrected chi connectivity index (χ0v) is 11.0. The molecule has 0 aliphatic heterocycles. The lowest BCUT2D eigenvalue weighted by atomic mass is 9.81. The molecule has 0 aromatic carbocycles. The van der Waals surface area contributed by atoms with Gasteiger partial charge >= 0.3 is 5.69 Å². The van der Waals surface area contributed by atoms with Crippen molar-refractivity contribution < 1.29 is 4.92 Å². The van der Waals surface area contributed by atoms with E-state index in [2.05, 4.69) is 38.1 Å². The van der Waals surface area contributed by atoms with Crippen LogP contribution in [0.15, 0.2) is 6.20 Å². The van der Waals surface area contributed by atoms with E-state index in [1.54, 1.807) is 7.05 Å². The van der Waals surface area contributed by atoms with Crippen molar-refractivity contribution in [2.75, 3.05) is 11.9 Å². The Bertz CT molecular complexity index is 410. The van der Waals surface area contributed by atoms with Crippen molar-refractivity contribution in [2.24, 2.45) is 18.4 Å². The van der Waals surface area contributed by atoms with E-state index in [-0.39, 0.29) is 11.1 Å². The number of anilines is 1. The second-order valence-corrected chi connectivity index (χ2v) is 5.29. The van der Waals surface area contributed by atoms with Gasteiger partial charge in [0.25, 0.3) is 0 Å². The van der Waals surface area contributed by atoms with Crippen LogP contribution >= 0.6 is 0 Å². The molecule has 1 aromatic heterocycles. The first-order chi connectivity index (χ1) is 7.74. The molecule has 1 heterocycles. The molecule has 17 heavy (non-hydrogen) atoms. The molecule has 0 unspecified atom stereocenters. The average molecular weight is 240 g/mol. The van der Waals surface area contributed by atoms with Gasteiger partial charge in [-0.15, -0.1) is 5.10 Å². The molecule has 0 saturated carbocycles. The van der Waals surface area contributed by atoms with Crippen LogP contribution in [0.4, 0.5) is 11.5 Å². The van der Waals surface area contributed by atoms with Gasteiger partial charge in [0.2, 0.25) is 5.82 Å². The number of nitrogens with one attached hydrogen (secondary N) is 1. The molecule has 0 amide bonds. The third-order valence-electron chi connectivity index (χ3n) is 3.28. The molecule has 0 aliphatic rings. The summed E-state index contributed by atoms with van der Waals surface area (Å²) in [6, 6.07) is 0. The first kappa shape index (κ1) is 13.5. The lowest BCUT2D eigenvalue weighted by molar-refractivity contribution is -0.384. The van der Waals surface area contributed by atoms with E-state index in [1.807, 2.05) is 0 Å². The van der Waals surface area contributed by atoms with Crippen LogP contribution in [0.1, 0.15) is 27.7 Å². The molecular weight excluding hydrogens is 220 g/mol. The van der Waals surface area contributed by atoms with Gasteiger partial charge in [0, 0.05) is 13.6 Å². The largest absolute Gasteiger partial charge is 0.362 e. The van der Waals surface area contributed by atoms with Gasteiger partial charge in [0.1, 0.15) is 6.20 Å². The molecule has 1 rings (SSSR count). The van der Waals surface area contributed by atoms with Crippen LogP contribution in [0, 0.1) is 21.4 Å². The van der Waals surface area contributed by atoms with Gasteiger partial charge in [-0.25, -0.2) is 0 Å². The number of aromatic nitrogens is 2. The SMILES string of the molecule is CC(C)C(C)(C)CNc1nn(C)cc1[N+](=O)[O-]. The van der Waals surface area contributed by atoms with Crippen LogP contribution in [0.25, 0.3) is 0 Å². The van der Waals surface area contributed by atoms with Crippen LogP contribution in [0.5, 0.6) is 0 Å². The van der Waals surface area contributed by atoms with Crippen molar-refractivity contribution in [1.29, 1.82) is 0 Å². The summed E-state index contributed by atoms with van der Waals surface area (Å²) in [5, 5.41) is 17.9. The molecule has 96 valence electrons. The lowest BCUT2D eigenvalue weighted by Crippen LogP contribution is -2.28. The predicted molar refractivity (Wildman–Crippen MR) is 67.0 cm³/mol. The van der Waals surface area contributed by atoms with Gasteiger partial charge in [0.15, 0.2) is 0 Å². The number of hydrogen-bond donors (Lipinski definition) is 1. The molecule has 0 atom stereocenters. The highest BCUT2D eigenvalue weighted by molar-refractivity contribution is 5.54. The Morgan fingerprint density at radius 3 is 2.65 bits per heavy atom. The molecule has 6 nitrogen and oxygen atoms in total. The molecule has 0 saturated heterocycles. The van der Waals surface area contributed by atoms with Crippen molar-refractivity contribution >= 4 is 11.5 Å². The standard InChI is InChI=1S/C11H20N4O2/c1-8(2)11(3,4)7-12-10-9(15(16)17)6-14(5)13-10/h6,8H,7H2,1-5H3,(H,12,13). The maximum atomic E-state index is 10.8. The van der Waals surface area contributed by atoms with Crippen molar-refractivity contribution in [3.8, 4) is 0 Å². The van der Waals surface area contributed by atoms with E-state index in [1.165, 1.54) is 10.9 Å². The highest BCUT2D eigenvalue weighted by atomic mass is 16.6. The monoisotopic (exact) mass is 240 g/mol. The molecular formula is C11H20N4O2. The molecule has 6 heteroatoms. The summed E-state index contributed by atoms with van der Waals surface area (Å²) in [4.78, 5) is 10.4. The number of rotatable bonds is 5. The zero-order valence-electron chi connectivity index (χ0n) is 11.0. The summed E-state index contributed by atoms with van der Waals surface area (Å²) in [6.45, 7) is 9.17. The second-order valence-electron chi connectivity index (χ2n) is 5.29. The Morgan fingerprint density at radius 1 is 1.59 bits per heavy atom.